The van der Waals surface area contributed by atoms with Crippen LogP contribution in [0.15, 0.2) is 30.3 Å². The van der Waals surface area contributed by atoms with E-state index >= 15 is 0 Å². The minimum Gasteiger partial charge on any atom is -0.457 e. The molecule has 0 aliphatic rings. The molecule has 0 bridgehead atoms. The van der Waals surface area contributed by atoms with Gasteiger partial charge in [-0.3, -0.25) is 0 Å². The second-order valence-electron chi connectivity index (χ2n) is 5.32. The molecule has 112 valence electrons. The largest absolute Gasteiger partial charge is 0.457 e. The highest BCUT2D eigenvalue weighted by Gasteiger charge is 2.11. The van der Waals surface area contributed by atoms with Crippen molar-refractivity contribution in [2.24, 2.45) is 0 Å². The van der Waals surface area contributed by atoms with Crippen LogP contribution in [0.1, 0.15) is 36.5 Å². The molecular formula is C17H17Cl2FO. The number of benzene rings is 2. The van der Waals surface area contributed by atoms with Gasteiger partial charge in [-0.05, 0) is 53.8 Å². The van der Waals surface area contributed by atoms with Crippen molar-refractivity contribution >= 4 is 23.2 Å². The smallest absolute Gasteiger partial charge is 0.130 e. The average Bonchev–Trinajstić information content (AvgIpc) is 2.40. The SMILES string of the molecule is Cc1cc(Cl)c(C(C)C)cc1Oc1cc(F)cc(CCl)c1. The van der Waals surface area contributed by atoms with Gasteiger partial charge in [0, 0.05) is 17.0 Å². The topological polar surface area (TPSA) is 9.23 Å². The van der Waals surface area contributed by atoms with Crippen molar-refractivity contribution < 1.29 is 9.13 Å². The van der Waals surface area contributed by atoms with Gasteiger partial charge in [-0.1, -0.05) is 25.4 Å². The average molecular weight is 327 g/mol. The molecule has 0 heterocycles. The minimum absolute atomic E-state index is 0.241. The third-order valence-corrected chi connectivity index (χ3v) is 3.87. The quantitative estimate of drug-likeness (QED) is 0.587. The highest BCUT2D eigenvalue weighted by molar-refractivity contribution is 6.31. The standard InChI is InChI=1S/C17H17Cl2FO/c1-10(2)15-8-17(11(3)4-16(15)19)21-14-6-12(9-18)5-13(20)7-14/h4-8,10H,9H2,1-3H3. The highest BCUT2D eigenvalue weighted by atomic mass is 35.5. The van der Waals surface area contributed by atoms with Gasteiger partial charge in [0.1, 0.15) is 17.3 Å². The van der Waals surface area contributed by atoms with Crippen molar-refractivity contribution in [3.8, 4) is 11.5 Å². The molecule has 0 aromatic heterocycles. The summed E-state index contributed by atoms with van der Waals surface area (Å²) in [5, 5.41) is 0.718. The van der Waals surface area contributed by atoms with Crippen molar-refractivity contribution in [1.82, 2.24) is 0 Å². The number of alkyl halides is 1. The minimum atomic E-state index is -0.362. The van der Waals surface area contributed by atoms with Crippen molar-refractivity contribution in [1.29, 1.82) is 0 Å². The van der Waals surface area contributed by atoms with Crippen LogP contribution in [0.5, 0.6) is 11.5 Å². The Morgan fingerprint density at radius 2 is 1.86 bits per heavy atom. The first-order valence-corrected chi connectivity index (χ1v) is 7.65. The first kappa shape index (κ1) is 16.1. The fourth-order valence-corrected chi connectivity index (χ4v) is 2.70. The van der Waals surface area contributed by atoms with E-state index in [-0.39, 0.29) is 17.6 Å². The molecule has 2 aromatic rings. The van der Waals surface area contributed by atoms with E-state index in [0.29, 0.717) is 17.1 Å². The molecule has 0 aliphatic carbocycles. The van der Waals surface area contributed by atoms with Gasteiger partial charge in [0.05, 0.1) is 0 Å². The summed E-state index contributed by atoms with van der Waals surface area (Å²) in [6, 6.07) is 8.26. The molecule has 0 amide bonds. The van der Waals surface area contributed by atoms with Crippen molar-refractivity contribution in [3.63, 3.8) is 0 Å². The molecule has 2 aromatic carbocycles. The normalized spacial score (nSPS) is 11.0. The summed E-state index contributed by atoms with van der Waals surface area (Å²) in [4.78, 5) is 0. The number of halogens is 3. The van der Waals surface area contributed by atoms with Crippen LogP contribution in [0.3, 0.4) is 0 Å². The summed E-state index contributed by atoms with van der Waals surface area (Å²) < 4.78 is 19.4. The summed E-state index contributed by atoms with van der Waals surface area (Å²) in [6.45, 7) is 6.04. The zero-order chi connectivity index (χ0) is 15.6. The van der Waals surface area contributed by atoms with Gasteiger partial charge in [-0.25, -0.2) is 4.39 Å². The number of hydrogen-bond donors (Lipinski definition) is 0. The van der Waals surface area contributed by atoms with E-state index < -0.39 is 0 Å². The molecule has 2 rings (SSSR count). The number of ether oxygens (including phenoxy) is 1. The molecule has 0 radical (unpaired) electrons. The second kappa shape index (κ2) is 6.67. The Balaban J connectivity index is 2.39. The molecule has 1 nitrogen and oxygen atoms in total. The van der Waals surface area contributed by atoms with Crippen molar-refractivity contribution in [3.05, 3.63) is 57.9 Å². The zero-order valence-electron chi connectivity index (χ0n) is 12.2. The van der Waals surface area contributed by atoms with Crippen molar-refractivity contribution in [2.75, 3.05) is 0 Å². The maximum Gasteiger partial charge on any atom is 0.130 e. The van der Waals surface area contributed by atoms with E-state index in [0.717, 1.165) is 16.1 Å². The van der Waals surface area contributed by atoms with Gasteiger partial charge >= 0.3 is 0 Å². The summed E-state index contributed by atoms with van der Waals surface area (Å²) >= 11 is 12.0. The van der Waals surface area contributed by atoms with E-state index in [1.165, 1.54) is 12.1 Å². The van der Waals surface area contributed by atoms with Crippen LogP contribution in [-0.2, 0) is 5.88 Å². The van der Waals surface area contributed by atoms with Crippen LogP contribution in [0, 0.1) is 12.7 Å². The molecule has 0 spiro atoms. The second-order valence-corrected chi connectivity index (χ2v) is 6.00. The number of aryl methyl sites for hydroxylation is 1. The van der Waals surface area contributed by atoms with Crippen LogP contribution < -0.4 is 4.74 Å². The van der Waals surface area contributed by atoms with E-state index in [9.17, 15) is 4.39 Å². The fraction of sp³-hybridized carbons (Fsp3) is 0.294. The molecule has 0 unspecified atom stereocenters. The maximum atomic E-state index is 13.5. The molecule has 0 fully saturated rings. The summed E-state index contributed by atoms with van der Waals surface area (Å²) in [6.07, 6.45) is 0. The lowest BCUT2D eigenvalue weighted by Crippen LogP contribution is -1.95. The van der Waals surface area contributed by atoms with Gasteiger partial charge in [0.25, 0.3) is 0 Å². The molecular weight excluding hydrogens is 310 g/mol. The third-order valence-electron chi connectivity index (χ3n) is 3.23. The van der Waals surface area contributed by atoms with Crippen LogP contribution in [0.25, 0.3) is 0 Å². The van der Waals surface area contributed by atoms with Gasteiger partial charge < -0.3 is 4.74 Å². The van der Waals surface area contributed by atoms with E-state index in [2.05, 4.69) is 13.8 Å². The van der Waals surface area contributed by atoms with Gasteiger partial charge in [0.15, 0.2) is 0 Å². The Kier molecular flexibility index (Phi) is 5.13. The Hall–Kier alpha value is -1.25. The van der Waals surface area contributed by atoms with E-state index in [1.54, 1.807) is 6.07 Å². The number of rotatable bonds is 4. The lowest BCUT2D eigenvalue weighted by atomic mass is 10.0. The molecule has 0 saturated heterocycles. The lowest BCUT2D eigenvalue weighted by molar-refractivity contribution is 0.471. The van der Waals surface area contributed by atoms with Crippen LogP contribution in [-0.4, -0.2) is 0 Å². The predicted octanol–water partition coefficient (Wildman–Crippen LogP) is 6.44. The molecule has 0 aliphatic heterocycles. The van der Waals surface area contributed by atoms with Gasteiger partial charge in [-0.2, -0.15) is 0 Å². The van der Waals surface area contributed by atoms with Crippen LogP contribution in [0.2, 0.25) is 5.02 Å². The molecule has 0 saturated carbocycles. The Bertz CT molecular complexity index is 653. The summed E-state index contributed by atoms with van der Waals surface area (Å²) in [7, 11) is 0. The maximum absolute atomic E-state index is 13.5. The zero-order valence-corrected chi connectivity index (χ0v) is 13.7. The summed E-state index contributed by atoms with van der Waals surface area (Å²) in [5.41, 5.74) is 2.59. The monoisotopic (exact) mass is 326 g/mol. The Morgan fingerprint density at radius 3 is 2.48 bits per heavy atom. The Morgan fingerprint density at radius 1 is 1.14 bits per heavy atom. The Labute approximate surface area is 134 Å². The summed E-state index contributed by atoms with van der Waals surface area (Å²) in [5.74, 6) is 1.27. The van der Waals surface area contributed by atoms with E-state index in [4.69, 9.17) is 27.9 Å². The molecule has 0 N–H and O–H groups in total. The molecule has 0 atom stereocenters. The number of hydrogen-bond acceptors (Lipinski definition) is 1. The fourth-order valence-electron chi connectivity index (χ4n) is 2.10. The molecule has 4 heteroatoms. The highest BCUT2D eigenvalue weighted by Crippen LogP contribution is 2.34. The van der Waals surface area contributed by atoms with Gasteiger partial charge in [-0.15, -0.1) is 11.6 Å². The molecule has 21 heavy (non-hydrogen) atoms. The first-order valence-electron chi connectivity index (χ1n) is 6.74. The lowest BCUT2D eigenvalue weighted by Gasteiger charge is -2.15. The van der Waals surface area contributed by atoms with Crippen LogP contribution in [0.4, 0.5) is 4.39 Å². The third kappa shape index (κ3) is 3.90. The van der Waals surface area contributed by atoms with Crippen molar-refractivity contribution in [2.45, 2.75) is 32.6 Å². The van der Waals surface area contributed by atoms with Crippen LogP contribution >= 0.6 is 23.2 Å². The predicted molar refractivity (Wildman–Crippen MR) is 86.3 cm³/mol. The first-order chi connectivity index (χ1) is 9.90. The van der Waals surface area contributed by atoms with E-state index in [1.807, 2.05) is 19.1 Å². The van der Waals surface area contributed by atoms with Gasteiger partial charge in [0.2, 0.25) is 0 Å².